The van der Waals surface area contributed by atoms with Crippen LogP contribution in [0.5, 0.6) is 0 Å². The summed E-state index contributed by atoms with van der Waals surface area (Å²) < 4.78 is 12.8. The highest BCUT2D eigenvalue weighted by atomic mass is 19.1. The summed E-state index contributed by atoms with van der Waals surface area (Å²) in [6.45, 7) is 1.91. The molecule has 0 N–H and O–H groups in total. The monoisotopic (exact) mass is 234 g/mol. The van der Waals surface area contributed by atoms with Crippen LogP contribution in [0, 0.1) is 17.1 Å². The minimum Gasteiger partial charge on any atom is -0.326 e. The largest absolute Gasteiger partial charge is 0.326 e. The Morgan fingerprint density at radius 3 is 2.53 bits per heavy atom. The van der Waals surface area contributed by atoms with Gasteiger partial charge in [-0.15, -0.1) is 0 Å². The summed E-state index contributed by atoms with van der Waals surface area (Å²) in [7, 11) is 1.59. The molecule has 3 nitrogen and oxygen atoms in total. The quantitative estimate of drug-likeness (QED) is 0.803. The first kappa shape index (κ1) is 13.2. The summed E-state index contributed by atoms with van der Waals surface area (Å²) in [5, 5.41) is 9.10. The maximum atomic E-state index is 12.8. The van der Waals surface area contributed by atoms with Crippen LogP contribution in [-0.4, -0.2) is 17.9 Å². The SMILES string of the molecule is CCCC(=O)N(C)C(C#N)c1ccc(F)cc1. The highest BCUT2D eigenvalue weighted by Gasteiger charge is 2.20. The van der Waals surface area contributed by atoms with E-state index in [9.17, 15) is 9.18 Å². The lowest BCUT2D eigenvalue weighted by atomic mass is 10.1. The number of hydrogen-bond donors (Lipinski definition) is 0. The van der Waals surface area contributed by atoms with Gasteiger partial charge >= 0.3 is 0 Å². The fraction of sp³-hybridized carbons (Fsp3) is 0.385. The smallest absolute Gasteiger partial charge is 0.223 e. The second kappa shape index (κ2) is 6.00. The third-order valence-electron chi connectivity index (χ3n) is 2.55. The molecule has 0 saturated carbocycles. The van der Waals surface area contributed by atoms with Crippen molar-refractivity contribution < 1.29 is 9.18 Å². The fourth-order valence-corrected chi connectivity index (χ4v) is 1.56. The maximum Gasteiger partial charge on any atom is 0.223 e. The number of benzene rings is 1. The topological polar surface area (TPSA) is 44.1 Å². The van der Waals surface area contributed by atoms with Crippen LogP contribution < -0.4 is 0 Å². The van der Waals surface area contributed by atoms with Crippen molar-refractivity contribution in [3.05, 3.63) is 35.6 Å². The molecule has 17 heavy (non-hydrogen) atoms. The average molecular weight is 234 g/mol. The minimum atomic E-state index is -0.658. The van der Waals surface area contributed by atoms with Crippen LogP contribution in [0.2, 0.25) is 0 Å². The second-order valence-electron chi connectivity index (χ2n) is 3.84. The summed E-state index contributed by atoms with van der Waals surface area (Å²) >= 11 is 0. The Balaban J connectivity index is 2.88. The Labute approximate surface area is 100 Å². The number of carbonyl (C=O) groups excluding carboxylic acids is 1. The Bertz CT molecular complexity index is 422. The summed E-state index contributed by atoms with van der Waals surface area (Å²) in [4.78, 5) is 13.1. The van der Waals surface area contributed by atoms with Gasteiger partial charge in [0.25, 0.3) is 0 Å². The van der Waals surface area contributed by atoms with Crippen molar-refractivity contribution in [2.45, 2.75) is 25.8 Å². The molecule has 0 aliphatic carbocycles. The van der Waals surface area contributed by atoms with Gasteiger partial charge in [0.15, 0.2) is 0 Å². The van der Waals surface area contributed by atoms with Crippen molar-refractivity contribution >= 4 is 5.91 Å². The molecule has 0 radical (unpaired) electrons. The molecule has 1 rings (SSSR count). The molecule has 0 spiro atoms. The predicted octanol–water partition coefficient (Wildman–Crippen LogP) is 2.65. The van der Waals surface area contributed by atoms with E-state index in [1.165, 1.54) is 29.2 Å². The number of rotatable bonds is 4. The van der Waals surface area contributed by atoms with Crippen molar-refractivity contribution in [3.8, 4) is 6.07 Å². The van der Waals surface area contributed by atoms with Gasteiger partial charge in [0, 0.05) is 13.5 Å². The normalized spacial score (nSPS) is 11.6. The lowest BCUT2D eigenvalue weighted by Crippen LogP contribution is -2.30. The maximum absolute atomic E-state index is 12.8. The molecule has 1 aromatic rings. The molecule has 90 valence electrons. The Morgan fingerprint density at radius 1 is 1.47 bits per heavy atom. The molecule has 0 bridgehead atoms. The van der Waals surface area contributed by atoms with Gasteiger partial charge in [-0.3, -0.25) is 4.79 Å². The first-order chi connectivity index (χ1) is 8.10. The van der Waals surface area contributed by atoms with E-state index in [0.29, 0.717) is 12.0 Å². The highest BCUT2D eigenvalue weighted by Crippen LogP contribution is 2.19. The average Bonchev–Trinajstić information content (AvgIpc) is 2.32. The van der Waals surface area contributed by atoms with Gasteiger partial charge in [-0.2, -0.15) is 5.26 Å². The number of halogens is 1. The van der Waals surface area contributed by atoms with E-state index in [4.69, 9.17) is 5.26 Å². The third kappa shape index (κ3) is 3.28. The van der Waals surface area contributed by atoms with Crippen LogP contribution in [0.25, 0.3) is 0 Å². The number of carbonyl (C=O) groups is 1. The highest BCUT2D eigenvalue weighted by molar-refractivity contribution is 5.76. The van der Waals surface area contributed by atoms with Crippen molar-refractivity contribution in [2.24, 2.45) is 0 Å². The molecule has 0 heterocycles. The lowest BCUT2D eigenvalue weighted by molar-refractivity contribution is -0.131. The Kier molecular flexibility index (Phi) is 4.65. The lowest BCUT2D eigenvalue weighted by Gasteiger charge is -2.22. The van der Waals surface area contributed by atoms with E-state index < -0.39 is 6.04 Å². The fourth-order valence-electron chi connectivity index (χ4n) is 1.56. The van der Waals surface area contributed by atoms with Crippen molar-refractivity contribution in [1.82, 2.24) is 4.90 Å². The number of hydrogen-bond acceptors (Lipinski definition) is 2. The molecule has 0 fully saturated rings. The molecule has 0 aliphatic heterocycles. The van der Waals surface area contributed by atoms with Crippen LogP contribution in [0.1, 0.15) is 31.4 Å². The predicted molar refractivity (Wildman–Crippen MR) is 62.4 cm³/mol. The van der Waals surface area contributed by atoms with Gasteiger partial charge in [-0.25, -0.2) is 4.39 Å². The van der Waals surface area contributed by atoms with Gasteiger partial charge < -0.3 is 4.90 Å². The Hall–Kier alpha value is -1.89. The Morgan fingerprint density at radius 2 is 2.06 bits per heavy atom. The van der Waals surface area contributed by atoms with E-state index in [1.54, 1.807) is 7.05 Å². The molecule has 1 amide bonds. The summed E-state index contributed by atoms with van der Waals surface area (Å²) in [5.74, 6) is -0.434. The van der Waals surface area contributed by atoms with E-state index in [-0.39, 0.29) is 11.7 Å². The second-order valence-corrected chi connectivity index (χ2v) is 3.84. The molecule has 1 unspecified atom stereocenters. The van der Waals surface area contributed by atoms with E-state index in [1.807, 2.05) is 6.92 Å². The molecule has 0 aliphatic rings. The molecular weight excluding hydrogens is 219 g/mol. The van der Waals surface area contributed by atoms with Crippen LogP contribution >= 0.6 is 0 Å². The first-order valence-corrected chi connectivity index (χ1v) is 5.51. The number of amides is 1. The van der Waals surface area contributed by atoms with Crippen LogP contribution in [-0.2, 0) is 4.79 Å². The minimum absolute atomic E-state index is 0.0802. The molecule has 1 aromatic carbocycles. The first-order valence-electron chi connectivity index (χ1n) is 5.51. The molecule has 0 aromatic heterocycles. The van der Waals surface area contributed by atoms with E-state index in [2.05, 4.69) is 6.07 Å². The van der Waals surface area contributed by atoms with E-state index in [0.717, 1.165) is 6.42 Å². The van der Waals surface area contributed by atoms with Crippen LogP contribution in [0.4, 0.5) is 4.39 Å². The zero-order chi connectivity index (χ0) is 12.8. The van der Waals surface area contributed by atoms with Gasteiger partial charge in [-0.1, -0.05) is 19.1 Å². The summed E-state index contributed by atoms with van der Waals surface area (Å²) in [6.07, 6.45) is 1.15. The van der Waals surface area contributed by atoms with Gasteiger partial charge in [0.05, 0.1) is 6.07 Å². The van der Waals surface area contributed by atoms with Crippen molar-refractivity contribution in [3.63, 3.8) is 0 Å². The number of nitriles is 1. The molecule has 0 saturated heterocycles. The summed E-state index contributed by atoms with van der Waals surface area (Å²) in [6, 6.07) is 7.03. The van der Waals surface area contributed by atoms with Crippen LogP contribution in [0.3, 0.4) is 0 Å². The molecule has 4 heteroatoms. The van der Waals surface area contributed by atoms with Crippen molar-refractivity contribution in [2.75, 3.05) is 7.05 Å². The third-order valence-corrected chi connectivity index (χ3v) is 2.55. The van der Waals surface area contributed by atoms with Gasteiger partial charge in [0.1, 0.15) is 11.9 Å². The van der Waals surface area contributed by atoms with Crippen molar-refractivity contribution in [1.29, 1.82) is 5.26 Å². The standard InChI is InChI=1S/C13H15FN2O/c1-3-4-13(17)16(2)12(9-15)10-5-7-11(14)8-6-10/h5-8,12H,3-4H2,1-2H3. The van der Waals surface area contributed by atoms with Gasteiger partial charge in [0.2, 0.25) is 5.91 Å². The van der Waals surface area contributed by atoms with Gasteiger partial charge in [-0.05, 0) is 24.1 Å². The zero-order valence-electron chi connectivity index (χ0n) is 9.98. The van der Waals surface area contributed by atoms with Crippen LogP contribution in [0.15, 0.2) is 24.3 Å². The zero-order valence-corrected chi connectivity index (χ0v) is 9.98. The summed E-state index contributed by atoms with van der Waals surface area (Å²) in [5.41, 5.74) is 0.626. The molecular formula is C13H15FN2O. The molecule has 1 atom stereocenters. The number of nitrogens with zero attached hydrogens (tertiary/aromatic N) is 2. The van der Waals surface area contributed by atoms with E-state index >= 15 is 0 Å².